The summed E-state index contributed by atoms with van der Waals surface area (Å²) in [5, 5.41) is 146. The molecule has 0 bridgehead atoms. The first-order chi connectivity index (χ1) is 59.9. The smallest absolute Gasteiger partial charge is 0.545 e. The van der Waals surface area contributed by atoms with Crippen molar-refractivity contribution >= 4 is 153 Å². The molecule has 3 atom stereocenters. The van der Waals surface area contributed by atoms with Crippen LogP contribution in [0.15, 0.2) is 157 Å². The number of carbonyl (C=O) groups is 7. The minimum absolute atomic E-state index is 0. The summed E-state index contributed by atoms with van der Waals surface area (Å²) < 4.78 is 0. The number of nitro groups is 7. The molecule has 0 aliphatic rings. The molecule has 8 aromatic carbocycles. The molecule has 0 aliphatic carbocycles. The van der Waals surface area contributed by atoms with Crippen molar-refractivity contribution in [1.29, 1.82) is 0 Å². The van der Waals surface area contributed by atoms with Gasteiger partial charge in [-0.15, -0.1) is 11.8 Å². The van der Waals surface area contributed by atoms with Gasteiger partial charge in [0, 0.05) is 210 Å². The van der Waals surface area contributed by atoms with Gasteiger partial charge in [0.25, 0.3) is 39.8 Å². The molecule has 0 radical (unpaired) electrons. The van der Waals surface area contributed by atoms with Gasteiger partial charge in [-0.2, -0.15) is 37.0 Å². The fraction of sp³-hybridized carbons (Fsp3) is 0.321. The van der Waals surface area contributed by atoms with Crippen LogP contribution in [0.4, 0.5) is 62.6 Å². The standard InChI is InChI=1S/C28H30N6O8.C16H19N3O2.C15H18N4O8S.C12H15NO6S2.C10H14N2O2S.2K/c1-31(2)20-9-5-17(6-10-20)15-29-26(35)25(27(36)30-16-18-7-11-21(12-8-18)32(3)4)24-22(33(39)40)13-19(28(37)38)14-23(24)34(41)42;1-12-4-5-13(16(10-12)19(20)21)11-17-14-6-8-15(9-7-14)18(2)3;1-2-3-16-13(20)12(14(21)17-4-5-28)11-9(18(24)25)6-8(15(22)23)7-10(11)19(26)27;1-20-5-9(14)10(15)6-21-11-3-2-7(13(18)19)4-8(11)12(16)17;1-8-2-3-9(7-11-4-5-15)10(6-8)12(13)14;;/h5-14,25H,15-16H2,1-4H3,(H,29,35)(H,30,36)(H,37,38);4-10,17H,11H2,1-3H3;6-7,12,28H,2-5H2,1H3,(H,16,20)(H,17,21)(H,22,23);2-4,9-10,14-15H,5-6H2,1H3,(H,16,17);2-3,6,11,15H,4-5,7H2,1H3;;/q;;;;;2*+1/p-2. The third-order valence-electron chi connectivity index (χ3n) is 17.9. The number of benzene rings is 8. The molecule has 4 amide bonds. The van der Waals surface area contributed by atoms with Crippen molar-refractivity contribution in [3.8, 4) is 0 Å². The van der Waals surface area contributed by atoms with Crippen LogP contribution in [0.2, 0.25) is 0 Å². The molecule has 0 aliphatic heterocycles. The van der Waals surface area contributed by atoms with E-state index in [4.69, 9.17) is 5.11 Å². The Balaban J connectivity index is 0.000000569. The molecular weight excluding hydrogens is 1820 g/mol. The van der Waals surface area contributed by atoms with Crippen LogP contribution in [0, 0.1) is 84.6 Å². The van der Waals surface area contributed by atoms with Crippen LogP contribution >= 0.6 is 48.8 Å². The second-order valence-corrected chi connectivity index (χ2v) is 30.7. The summed E-state index contributed by atoms with van der Waals surface area (Å²) in [6.45, 7) is 7.02. The number of aliphatic hydroxyl groups is 2. The summed E-state index contributed by atoms with van der Waals surface area (Å²) in [6, 6.07) is 38.2. The summed E-state index contributed by atoms with van der Waals surface area (Å²) in [6.07, 6.45) is 0.366. The van der Waals surface area contributed by atoms with E-state index in [1.807, 2.05) is 107 Å². The Morgan fingerprint density at radius 2 is 0.791 bits per heavy atom. The van der Waals surface area contributed by atoms with Crippen molar-refractivity contribution in [3.63, 3.8) is 0 Å². The van der Waals surface area contributed by atoms with Gasteiger partial charge in [-0.1, -0.05) is 55.5 Å². The third-order valence-corrected chi connectivity index (χ3v) is 20.2. The van der Waals surface area contributed by atoms with Crippen LogP contribution in [0.1, 0.15) is 101 Å². The molecule has 0 aromatic heterocycles. The Morgan fingerprint density at radius 1 is 0.434 bits per heavy atom. The molecule has 42 nitrogen and oxygen atoms in total. The average molecular weight is 1910 g/mol. The van der Waals surface area contributed by atoms with Gasteiger partial charge in [0.1, 0.15) is 11.1 Å². The molecule has 680 valence electrons. The van der Waals surface area contributed by atoms with E-state index in [2.05, 4.69) is 57.2 Å². The second kappa shape index (κ2) is 57.6. The van der Waals surface area contributed by atoms with Gasteiger partial charge >= 0.3 is 109 Å². The molecule has 0 spiro atoms. The average Bonchev–Trinajstić information content (AvgIpc) is 0.774. The van der Waals surface area contributed by atoms with Crippen LogP contribution in [0.5, 0.6) is 0 Å². The number of aryl methyl sites for hydroxylation is 2. The summed E-state index contributed by atoms with van der Waals surface area (Å²) in [5.41, 5.74) is 0.523. The van der Waals surface area contributed by atoms with Gasteiger partial charge in [-0.05, 0) is 103 Å². The quantitative estimate of drug-likeness (QED) is 0.00499. The van der Waals surface area contributed by atoms with Gasteiger partial charge in [0.15, 0.2) is 11.8 Å². The number of hydrogen-bond acceptors (Lipinski definition) is 34. The van der Waals surface area contributed by atoms with E-state index in [9.17, 15) is 125 Å². The zero-order valence-electron chi connectivity index (χ0n) is 72.1. The maximum Gasteiger partial charge on any atom is 1.00 e. The fourth-order valence-corrected chi connectivity index (χ4v) is 13.2. The predicted octanol–water partition coefficient (Wildman–Crippen LogP) is 2.22. The number of nitrogens with one attached hydrogen (secondary N) is 6. The summed E-state index contributed by atoms with van der Waals surface area (Å²) >= 11 is 10.4. The summed E-state index contributed by atoms with van der Waals surface area (Å²) in [7, 11) is 11.4. The second-order valence-electron chi connectivity index (χ2n) is 27.8. The third kappa shape index (κ3) is 36.8. The number of nitrogens with zero attached hydrogens (tertiary/aromatic N) is 10. The molecule has 3 unspecified atom stereocenters. The van der Waals surface area contributed by atoms with Crippen LogP contribution in [-0.2, 0) is 45.4 Å². The Kier molecular flexibility index (Phi) is 51.2. The number of rotatable bonds is 40. The zero-order valence-corrected chi connectivity index (χ0v) is 81.8. The van der Waals surface area contributed by atoms with E-state index in [0.717, 1.165) is 64.0 Å². The van der Waals surface area contributed by atoms with Gasteiger partial charge in [-0.25, -0.2) is 4.79 Å². The summed E-state index contributed by atoms with van der Waals surface area (Å²) in [4.78, 5) is 165. The molecule has 9 N–H and O–H groups in total. The van der Waals surface area contributed by atoms with Crippen molar-refractivity contribution < 1.29 is 196 Å². The molecule has 129 heavy (non-hydrogen) atoms. The number of non-ortho nitro benzene ring substituents is 1. The van der Waals surface area contributed by atoms with Crippen molar-refractivity contribution in [2.75, 3.05) is 111 Å². The Morgan fingerprint density at radius 3 is 1.12 bits per heavy atom. The zero-order chi connectivity index (χ0) is 95.2. The number of aromatic carboxylic acids is 3. The van der Waals surface area contributed by atoms with Gasteiger partial charge in [-0.3, -0.25) is 90.0 Å². The Labute approximate surface area is 844 Å². The van der Waals surface area contributed by atoms with Crippen LogP contribution in [0.3, 0.4) is 0 Å². The van der Waals surface area contributed by atoms with Gasteiger partial charge in [0.05, 0.1) is 64.2 Å². The molecular formula is C81H94K2N16O26S4. The maximum atomic E-state index is 13.5. The topological polar surface area (TPSA) is 610 Å². The summed E-state index contributed by atoms with van der Waals surface area (Å²) in [5.74, 6) is -11.8. The number of amides is 4. The first-order valence-corrected chi connectivity index (χ1v) is 41.5. The number of thiol groups is 2. The minimum atomic E-state index is -2.07. The number of aliphatic hydroxyl groups excluding tert-OH is 2. The van der Waals surface area contributed by atoms with E-state index in [1.165, 1.54) is 23.9 Å². The first kappa shape index (κ1) is 115. The molecule has 8 aromatic rings. The largest absolute Gasteiger partial charge is 1.00 e. The Bertz CT molecular complexity index is 5110. The van der Waals surface area contributed by atoms with E-state index < -0.39 is 135 Å². The number of carbonyl (C=O) groups excluding carboxylic acids is 6. The van der Waals surface area contributed by atoms with Gasteiger partial charge < -0.3 is 81.7 Å². The van der Waals surface area contributed by atoms with E-state index in [1.54, 1.807) is 86.0 Å². The Hall–Kier alpha value is -10.4. The van der Waals surface area contributed by atoms with Crippen LogP contribution < -0.4 is 160 Å². The number of thioether (sulfide) groups is 2. The number of anilines is 4. The van der Waals surface area contributed by atoms with E-state index in [-0.39, 0.29) is 173 Å². The number of nitro benzene ring substituents is 7. The SMILES string of the molecule is CCCNC(=O)C(C(=O)NCCS)c1c([N+](=O)[O-])cc(C(=O)[O-])cc1[N+](=O)[O-].CN(C)c1ccc(CNC(=O)C(C(=O)NCc2ccc(N(C)C)cc2)c2c([N+](=O)[O-])cc(C(=O)[O-])cc2[N+](=O)[O-])cc1.CSCC(O)C(O)CSc1ccc([N+](=O)[O-])cc1C(=O)O.Cc1ccc(CNCCS)c([N+](=O)[O-])c1.Cc1ccc(CNc2ccc(N(C)C)cc2)c([N+](=O)[O-])c1.[K+].[K+]. The van der Waals surface area contributed by atoms with Crippen molar-refractivity contribution in [2.45, 2.75) is 82.3 Å². The molecule has 48 heteroatoms. The normalized spacial score (nSPS) is 11.0. The fourth-order valence-electron chi connectivity index (χ4n) is 11.3. The molecule has 0 fully saturated rings. The molecule has 0 saturated carbocycles. The van der Waals surface area contributed by atoms with Crippen molar-refractivity contribution in [3.05, 3.63) is 284 Å². The van der Waals surface area contributed by atoms with Crippen LogP contribution in [-0.4, -0.2) is 195 Å². The molecule has 0 heterocycles. The minimum Gasteiger partial charge on any atom is -0.545 e. The van der Waals surface area contributed by atoms with Gasteiger partial charge in [0.2, 0.25) is 23.6 Å². The van der Waals surface area contributed by atoms with Crippen LogP contribution in [0.25, 0.3) is 0 Å². The monoisotopic (exact) mass is 1910 g/mol. The maximum absolute atomic E-state index is 13.5. The van der Waals surface area contributed by atoms with Crippen molar-refractivity contribution in [2.24, 2.45) is 0 Å². The molecule has 8 rings (SSSR count). The molecule has 0 saturated heterocycles. The number of carboxylic acids is 3. The number of carboxylic acid groups (broad SMARTS) is 3. The number of hydrogen-bond donors (Lipinski definition) is 11. The van der Waals surface area contributed by atoms with E-state index >= 15 is 0 Å². The first-order valence-electron chi connectivity index (χ1n) is 37.8. The predicted molar refractivity (Wildman–Crippen MR) is 480 cm³/mol. The van der Waals surface area contributed by atoms with E-state index in [0.29, 0.717) is 76.7 Å². The van der Waals surface area contributed by atoms with Crippen molar-refractivity contribution in [1.82, 2.24) is 26.6 Å².